The summed E-state index contributed by atoms with van der Waals surface area (Å²) in [7, 11) is 1.63. The summed E-state index contributed by atoms with van der Waals surface area (Å²) in [5.74, 6) is 0.753. The van der Waals surface area contributed by atoms with Gasteiger partial charge in [0.15, 0.2) is 5.78 Å². The van der Waals surface area contributed by atoms with Crippen LogP contribution in [0.15, 0.2) is 78.9 Å². The average molecular weight is 290 g/mol. The van der Waals surface area contributed by atoms with Gasteiger partial charge in [-0.2, -0.15) is 0 Å². The topological polar surface area (TPSA) is 26.3 Å². The standard InChI is InChI=1S/C20H18O2/c1-22-20-15-12-18(13-16-20)11-14-19(21)10-6-5-9-17-7-3-2-4-8-17/h2-16H,1H3/b9-5+,10-6+,14-11?. The van der Waals surface area contributed by atoms with Crippen molar-refractivity contribution >= 4 is 17.9 Å². The molecule has 0 radical (unpaired) electrons. The van der Waals surface area contributed by atoms with Crippen LogP contribution in [0.5, 0.6) is 5.75 Å². The molecule has 2 rings (SSSR count). The number of ketones is 1. The molecule has 22 heavy (non-hydrogen) atoms. The van der Waals surface area contributed by atoms with Crippen LogP contribution >= 0.6 is 0 Å². The second-order valence-corrected chi connectivity index (χ2v) is 4.64. The lowest BCUT2D eigenvalue weighted by atomic mass is 10.2. The smallest absolute Gasteiger partial charge is 0.178 e. The van der Waals surface area contributed by atoms with E-state index in [0.29, 0.717) is 0 Å². The van der Waals surface area contributed by atoms with Crippen molar-refractivity contribution in [2.24, 2.45) is 0 Å². The third-order valence-electron chi connectivity index (χ3n) is 3.02. The first-order valence-corrected chi connectivity index (χ1v) is 7.04. The Bertz CT molecular complexity index is 677. The van der Waals surface area contributed by atoms with E-state index < -0.39 is 0 Å². The number of methoxy groups -OCH3 is 1. The number of carbonyl (C=O) groups is 1. The first kappa shape index (κ1) is 15.5. The lowest BCUT2D eigenvalue weighted by Gasteiger charge is -1.98. The molecule has 0 atom stereocenters. The quantitative estimate of drug-likeness (QED) is 0.576. The molecule has 0 fully saturated rings. The molecule has 2 aromatic carbocycles. The van der Waals surface area contributed by atoms with Gasteiger partial charge in [0.2, 0.25) is 0 Å². The van der Waals surface area contributed by atoms with Crippen LogP contribution in [0.1, 0.15) is 11.1 Å². The fraction of sp³-hybridized carbons (Fsp3) is 0.0500. The summed E-state index contributed by atoms with van der Waals surface area (Å²) < 4.78 is 5.09. The maximum absolute atomic E-state index is 11.7. The zero-order chi connectivity index (χ0) is 15.6. The Hall–Kier alpha value is -2.87. The molecule has 0 bridgehead atoms. The second kappa shape index (κ2) is 8.42. The van der Waals surface area contributed by atoms with Crippen molar-refractivity contribution in [3.8, 4) is 5.75 Å². The lowest BCUT2D eigenvalue weighted by molar-refractivity contribution is -0.110. The molecule has 0 spiro atoms. The normalized spacial score (nSPS) is 11.5. The van der Waals surface area contributed by atoms with Crippen LogP contribution in [0.3, 0.4) is 0 Å². The predicted octanol–water partition coefficient (Wildman–Crippen LogP) is 4.55. The summed E-state index contributed by atoms with van der Waals surface area (Å²) in [6.45, 7) is 0. The Morgan fingerprint density at radius 3 is 2.18 bits per heavy atom. The highest BCUT2D eigenvalue weighted by molar-refractivity contribution is 6.02. The molecular formula is C20H18O2. The Balaban J connectivity index is 1.87. The van der Waals surface area contributed by atoms with Crippen LogP contribution in [-0.2, 0) is 4.79 Å². The molecule has 110 valence electrons. The highest BCUT2D eigenvalue weighted by Gasteiger charge is 1.92. The Kier molecular flexibility index (Phi) is 5.94. The number of carbonyl (C=O) groups excluding carboxylic acids is 1. The van der Waals surface area contributed by atoms with Crippen molar-refractivity contribution in [2.45, 2.75) is 0 Å². The van der Waals surface area contributed by atoms with E-state index in [-0.39, 0.29) is 5.78 Å². The summed E-state index contributed by atoms with van der Waals surface area (Å²) >= 11 is 0. The fourth-order valence-corrected chi connectivity index (χ4v) is 1.83. The molecule has 0 amide bonds. The maximum Gasteiger partial charge on any atom is 0.178 e. The molecule has 2 nitrogen and oxygen atoms in total. The van der Waals surface area contributed by atoms with Crippen molar-refractivity contribution in [1.29, 1.82) is 0 Å². The zero-order valence-corrected chi connectivity index (χ0v) is 12.5. The van der Waals surface area contributed by atoms with Crippen molar-refractivity contribution < 1.29 is 9.53 Å². The highest BCUT2D eigenvalue weighted by atomic mass is 16.5. The molecule has 0 saturated heterocycles. The van der Waals surface area contributed by atoms with Crippen molar-refractivity contribution in [1.82, 2.24) is 0 Å². The zero-order valence-electron chi connectivity index (χ0n) is 12.5. The summed E-state index contributed by atoms with van der Waals surface area (Å²) in [6, 6.07) is 17.5. The number of hydrogen-bond donors (Lipinski definition) is 0. The van der Waals surface area contributed by atoms with Crippen LogP contribution in [0.2, 0.25) is 0 Å². The minimum atomic E-state index is -0.0477. The Labute approximate surface area is 131 Å². The minimum Gasteiger partial charge on any atom is -0.497 e. The van der Waals surface area contributed by atoms with Crippen LogP contribution < -0.4 is 4.74 Å². The predicted molar refractivity (Wildman–Crippen MR) is 91.7 cm³/mol. The van der Waals surface area contributed by atoms with E-state index in [1.54, 1.807) is 31.4 Å². The lowest BCUT2D eigenvalue weighted by Crippen LogP contribution is -1.85. The van der Waals surface area contributed by atoms with E-state index in [4.69, 9.17) is 4.74 Å². The summed E-state index contributed by atoms with van der Waals surface area (Å²) in [6.07, 6.45) is 10.4. The van der Waals surface area contributed by atoms with Gasteiger partial charge in [0.25, 0.3) is 0 Å². The third kappa shape index (κ3) is 5.25. The molecular weight excluding hydrogens is 272 g/mol. The van der Waals surface area contributed by atoms with Crippen LogP contribution in [0.4, 0.5) is 0 Å². The molecule has 0 heterocycles. The number of allylic oxidation sites excluding steroid dienone is 4. The minimum absolute atomic E-state index is 0.0477. The second-order valence-electron chi connectivity index (χ2n) is 4.64. The van der Waals surface area contributed by atoms with Gasteiger partial charge in [-0.25, -0.2) is 0 Å². The molecule has 0 saturated carbocycles. The molecule has 0 N–H and O–H groups in total. The average Bonchev–Trinajstić information content (AvgIpc) is 2.58. The number of benzene rings is 2. The number of rotatable bonds is 6. The van der Waals surface area contributed by atoms with E-state index >= 15 is 0 Å². The van der Waals surface area contributed by atoms with Gasteiger partial charge >= 0.3 is 0 Å². The van der Waals surface area contributed by atoms with Gasteiger partial charge in [-0.1, -0.05) is 66.8 Å². The summed E-state index contributed by atoms with van der Waals surface area (Å²) in [4.78, 5) is 11.7. The van der Waals surface area contributed by atoms with Crippen molar-refractivity contribution in [3.05, 3.63) is 90.0 Å². The summed E-state index contributed by atoms with van der Waals surface area (Å²) in [5, 5.41) is 0. The monoisotopic (exact) mass is 290 g/mol. The van der Waals surface area contributed by atoms with Gasteiger partial charge < -0.3 is 4.74 Å². The van der Waals surface area contributed by atoms with Gasteiger partial charge in [0.1, 0.15) is 5.75 Å². The first-order valence-electron chi connectivity index (χ1n) is 7.04. The first-order chi connectivity index (χ1) is 10.8. The molecule has 0 unspecified atom stereocenters. The van der Waals surface area contributed by atoms with Gasteiger partial charge in [0, 0.05) is 0 Å². The van der Waals surface area contributed by atoms with E-state index in [2.05, 4.69) is 0 Å². The van der Waals surface area contributed by atoms with E-state index in [1.807, 2.05) is 66.7 Å². The summed E-state index contributed by atoms with van der Waals surface area (Å²) in [5.41, 5.74) is 2.07. The van der Waals surface area contributed by atoms with Gasteiger partial charge in [-0.3, -0.25) is 4.79 Å². The molecule has 2 heteroatoms. The van der Waals surface area contributed by atoms with E-state index in [0.717, 1.165) is 16.9 Å². The van der Waals surface area contributed by atoms with E-state index in [9.17, 15) is 4.79 Å². The van der Waals surface area contributed by atoms with Gasteiger partial charge in [-0.05, 0) is 35.4 Å². The number of ether oxygens (including phenoxy) is 1. The molecule has 0 aliphatic carbocycles. The van der Waals surface area contributed by atoms with Gasteiger partial charge in [0.05, 0.1) is 7.11 Å². The molecule has 0 aliphatic rings. The van der Waals surface area contributed by atoms with Gasteiger partial charge in [-0.15, -0.1) is 0 Å². The molecule has 0 aromatic heterocycles. The van der Waals surface area contributed by atoms with Crippen LogP contribution in [0, 0.1) is 0 Å². The Morgan fingerprint density at radius 2 is 1.50 bits per heavy atom. The van der Waals surface area contributed by atoms with Crippen LogP contribution in [-0.4, -0.2) is 12.9 Å². The molecule has 2 aromatic rings. The van der Waals surface area contributed by atoms with Crippen molar-refractivity contribution in [2.75, 3.05) is 7.11 Å². The third-order valence-corrected chi connectivity index (χ3v) is 3.02. The van der Waals surface area contributed by atoms with Crippen molar-refractivity contribution in [3.63, 3.8) is 0 Å². The Morgan fingerprint density at radius 1 is 0.818 bits per heavy atom. The van der Waals surface area contributed by atoms with Crippen LogP contribution in [0.25, 0.3) is 12.2 Å². The maximum atomic E-state index is 11.7. The molecule has 0 aliphatic heterocycles. The SMILES string of the molecule is COc1ccc(C=CC(=O)/C=C/C=C/c2ccccc2)cc1. The number of hydrogen-bond acceptors (Lipinski definition) is 2. The largest absolute Gasteiger partial charge is 0.497 e. The fourth-order valence-electron chi connectivity index (χ4n) is 1.83. The highest BCUT2D eigenvalue weighted by Crippen LogP contribution is 2.12. The van der Waals surface area contributed by atoms with E-state index in [1.165, 1.54) is 0 Å².